The fourth-order valence-corrected chi connectivity index (χ4v) is 2.89. The highest BCUT2D eigenvalue weighted by Gasteiger charge is 2.09. The van der Waals surface area contributed by atoms with Gasteiger partial charge in [0.25, 0.3) is 0 Å². The lowest BCUT2D eigenvalue weighted by atomic mass is 10.2. The minimum absolute atomic E-state index is 0.252. The second-order valence-corrected chi connectivity index (χ2v) is 6.31. The molecule has 0 amide bonds. The van der Waals surface area contributed by atoms with Gasteiger partial charge in [-0.3, -0.25) is 4.99 Å². The Morgan fingerprint density at radius 2 is 1.60 bits per heavy atom. The molecule has 2 aromatic carbocycles. The fraction of sp³-hybridized carbons (Fsp3) is 0.190. The van der Waals surface area contributed by atoms with E-state index in [4.69, 9.17) is 0 Å². The minimum Gasteiger partial charge on any atom is -0.378 e. The quantitative estimate of drug-likeness (QED) is 0.611. The highest BCUT2D eigenvalue weighted by Crippen LogP contribution is 2.22. The molecule has 3 rings (SSSR count). The first-order valence-electron chi connectivity index (χ1n) is 8.22. The summed E-state index contributed by atoms with van der Waals surface area (Å²) in [6.07, 6.45) is 1.83. The summed E-state index contributed by atoms with van der Waals surface area (Å²) < 4.78 is 15.2. The zero-order valence-corrected chi connectivity index (χ0v) is 15.0. The number of aryl methyl sites for hydroxylation is 1. The highest BCUT2D eigenvalue weighted by molar-refractivity contribution is 5.84. The van der Waals surface area contributed by atoms with E-state index in [1.807, 2.05) is 20.3 Å². The summed E-state index contributed by atoms with van der Waals surface area (Å²) >= 11 is 0. The molecule has 0 atom stereocenters. The summed E-state index contributed by atoms with van der Waals surface area (Å²) in [5.41, 5.74) is 6.36. The van der Waals surface area contributed by atoms with E-state index in [0.717, 1.165) is 28.3 Å². The van der Waals surface area contributed by atoms with Crippen LogP contribution in [-0.4, -0.2) is 24.9 Å². The SMILES string of the molecule is Cc1cc(C=Nc2ccc(F)cc2)c(C)n1-c1ccc(N(C)C)cc1. The Balaban J connectivity index is 1.91. The minimum atomic E-state index is -0.252. The van der Waals surface area contributed by atoms with Crippen LogP contribution in [0.1, 0.15) is 17.0 Å². The van der Waals surface area contributed by atoms with Crippen LogP contribution in [0.2, 0.25) is 0 Å². The molecule has 25 heavy (non-hydrogen) atoms. The Morgan fingerprint density at radius 3 is 2.20 bits per heavy atom. The molecule has 0 unspecified atom stereocenters. The van der Waals surface area contributed by atoms with Crippen molar-refractivity contribution in [1.29, 1.82) is 0 Å². The third-order valence-corrected chi connectivity index (χ3v) is 4.27. The van der Waals surface area contributed by atoms with Crippen LogP contribution in [0.15, 0.2) is 59.6 Å². The number of anilines is 1. The summed E-state index contributed by atoms with van der Waals surface area (Å²) in [7, 11) is 4.07. The van der Waals surface area contributed by atoms with Gasteiger partial charge in [-0.2, -0.15) is 0 Å². The second kappa shape index (κ2) is 6.93. The normalized spacial score (nSPS) is 11.2. The number of nitrogens with zero attached hydrogens (tertiary/aromatic N) is 3. The lowest BCUT2D eigenvalue weighted by Gasteiger charge is -2.14. The Morgan fingerprint density at radius 1 is 0.960 bits per heavy atom. The molecule has 3 aromatic rings. The van der Waals surface area contributed by atoms with Gasteiger partial charge < -0.3 is 9.47 Å². The zero-order valence-electron chi connectivity index (χ0n) is 15.0. The van der Waals surface area contributed by atoms with Gasteiger partial charge in [-0.25, -0.2) is 4.39 Å². The number of aromatic nitrogens is 1. The van der Waals surface area contributed by atoms with Crippen LogP contribution in [0.25, 0.3) is 5.69 Å². The van der Waals surface area contributed by atoms with Gasteiger partial charge in [-0.15, -0.1) is 0 Å². The lowest BCUT2D eigenvalue weighted by Crippen LogP contribution is -2.08. The number of benzene rings is 2. The van der Waals surface area contributed by atoms with Gasteiger partial charge in [0.1, 0.15) is 5.82 Å². The molecule has 0 aliphatic carbocycles. The van der Waals surface area contributed by atoms with E-state index in [2.05, 4.69) is 58.6 Å². The Hall–Kier alpha value is -2.88. The molecule has 4 heteroatoms. The van der Waals surface area contributed by atoms with E-state index in [1.54, 1.807) is 12.1 Å². The summed E-state index contributed by atoms with van der Waals surface area (Å²) in [6.45, 7) is 4.17. The molecule has 0 fully saturated rings. The van der Waals surface area contributed by atoms with E-state index in [1.165, 1.54) is 17.8 Å². The van der Waals surface area contributed by atoms with Crippen molar-refractivity contribution < 1.29 is 4.39 Å². The Bertz CT molecular complexity index is 888. The van der Waals surface area contributed by atoms with Crippen molar-refractivity contribution >= 4 is 17.6 Å². The number of halogens is 1. The fourth-order valence-electron chi connectivity index (χ4n) is 2.89. The topological polar surface area (TPSA) is 20.5 Å². The highest BCUT2D eigenvalue weighted by atomic mass is 19.1. The van der Waals surface area contributed by atoms with Gasteiger partial charge in [0.2, 0.25) is 0 Å². The van der Waals surface area contributed by atoms with Crippen LogP contribution in [-0.2, 0) is 0 Å². The van der Waals surface area contributed by atoms with Crippen molar-refractivity contribution in [3.8, 4) is 5.69 Å². The lowest BCUT2D eigenvalue weighted by molar-refractivity contribution is 0.628. The standard InChI is InChI=1S/C21H22FN3/c1-15-13-17(14-23-19-7-5-18(22)6-8-19)16(2)25(15)21-11-9-20(10-12-21)24(3)4/h5-14H,1-4H3. The molecule has 1 aromatic heterocycles. The Labute approximate surface area is 148 Å². The number of aliphatic imine (C=N–C) groups is 1. The van der Waals surface area contributed by atoms with Crippen LogP contribution < -0.4 is 4.90 Å². The van der Waals surface area contributed by atoms with Crippen LogP contribution in [0.3, 0.4) is 0 Å². The van der Waals surface area contributed by atoms with Crippen LogP contribution in [0.4, 0.5) is 15.8 Å². The molecule has 0 N–H and O–H groups in total. The van der Waals surface area contributed by atoms with Crippen molar-refractivity contribution in [2.45, 2.75) is 13.8 Å². The third-order valence-electron chi connectivity index (χ3n) is 4.27. The summed E-state index contributed by atoms with van der Waals surface area (Å²) in [4.78, 5) is 6.54. The average molecular weight is 335 g/mol. The maximum Gasteiger partial charge on any atom is 0.123 e. The molecule has 0 spiro atoms. The van der Waals surface area contributed by atoms with E-state index < -0.39 is 0 Å². The van der Waals surface area contributed by atoms with Crippen molar-refractivity contribution in [2.75, 3.05) is 19.0 Å². The summed E-state index contributed by atoms with van der Waals surface area (Å²) in [6, 6.07) is 16.8. The van der Waals surface area contributed by atoms with Gasteiger partial charge >= 0.3 is 0 Å². The van der Waals surface area contributed by atoms with E-state index in [0.29, 0.717) is 0 Å². The van der Waals surface area contributed by atoms with E-state index in [-0.39, 0.29) is 5.82 Å². The van der Waals surface area contributed by atoms with E-state index in [9.17, 15) is 4.39 Å². The second-order valence-electron chi connectivity index (χ2n) is 6.31. The first-order valence-corrected chi connectivity index (χ1v) is 8.22. The molecule has 128 valence electrons. The smallest absolute Gasteiger partial charge is 0.123 e. The maximum atomic E-state index is 13.0. The Kier molecular flexibility index (Phi) is 4.70. The van der Waals surface area contributed by atoms with Crippen LogP contribution >= 0.6 is 0 Å². The number of hydrogen-bond acceptors (Lipinski definition) is 2. The molecule has 0 saturated heterocycles. The molecule has 0 saturated carbocycles. The van der Waals surface area contributed by atoms with Crippen molar-refractivity contribution in [3.05, 3.63) is 77.4 Å². The zero-order chi connectivity index (χ0) is 18.0. The first kappa shape index (κ1) is 17.0. The number of rotatable bonds is 4. The average Bonchev–Trinajstić information content (AvgIpc) is 2.88. The van der Waals surface area contributed by atoms with Crippen molar-refractivity contribution in [1.82, 2.24) is 4.57 Å². The third kappa shape index (κ3) is 3.63. The van der Waals surface area contributed by atoms with Crippen molar-refractivity contribution in [2.24, 2.45) is 4.99 Å². The molecular weight excluding hydrogens is 313 g/mol. The monoisotopic (exact) mass is 335 g/mol. The first-order chi connectivity index (χ1) is 12.0. The van der Waals surface area contributed by atoms with Crippen LogP contribution in [0, 0.1) is 19.7 Å². The number of hydrogen-bond donors (Lipinski definition) is 0. The molecule has 0 radical (unpaired) electrons. The summed E-state index contributed by atoms with van der Waals surface area (Å²) in [5, 5.41) is 0. The molecule has 3 nitrogen and oxygen atoms in total. The van der Waals surface area contributed by atoms with E-state index >= 15 is 0 Å². The molecule has 1 heterocycles. The van der Waals surface area contributed by atoms with Crippen molar-refractivity contribution in [3.63, 3.8) is 0 Å². The van der Waals surface area contributed by atoms with Gasteiger partial charge in [0, 0.05) is 48.6 Å². The molecular formula is C21H22FN3. The predicted molar refractivity (Wildman–Crippen MR) is 103 cm³/mol. The largest absolute Gasteiger partial charge is 0.378 e. The predicted octanol–water partition coefficient (Wildman–Crippen LogP) is 5.05. The maximum absolute atomic E-state index is 13.0. The molecule has 0 aliphatic heterocycles. The molecule has 0 aliphatic rings. The van der Waals surface area contributed by atoms with Crippen LogP contribution in [0.5, 0.6) is 0 Å². The van der Waals surface area contributed by atoms with Gasteiger partial charge in [0.05, 0.1) is 5.69 Å². The van der Waals surface area contributed by atoms with Gasteiger partial charge in [-0.05, 0) is 68.4 Å². The van der Waals surface area contributed by atoms with Gasteiger partial charge in [-0.1, -0.05) is 0 Å². The molecule has 0 bridgehead atoms. The van der Waals surface area contributed by atoms with Gasteiger partial charge in [0.15, 0.2) is 0 Å². The summed E-state index contributed by atoms with van der Waals surface area (Å²) in [5.74, 6) is -0.252.